The first-order valence-electron chi connectivity index (χ1n) is 10.7. The van der Waals surface area contributed by atoms with Crippen LogP contribution in [0.25, 0.3) is 0 Å². The van der Waals surface area contributed by atoms with E-state index in [0.717, 1.165) is 11.1 Å². The van der Waals surface area contributed by atoms with Crippen molar-refractivity contribution in [3.63, 3.8) is 0 Å². The molecular weight excluding hydrogens is 440 g/mol. The second kappa shape index (κ2) is 9.15. The van der Waals surface area contributed by atoms with Crippen LogP contribution >= 0.6 is 0 Å². The molecule has 0 bridgehead atoms. The van der Waals surface area contributed by atoms with Gasteiger partial charge in [0.1, 0.15) is 11.5 Å². The average Bonchev–Trinajstić information content (AvgIpc) is 3.23. The maximum absolute atomic E-state index is 13.1. The van der Waals surface area contributed by atoms with Gasteiger partial charge in [0.2, 0.25) is 0 Å². The number of aryl methyl sites for hydroxylation is 1. The van der Waals surface area contributed by atoms with Gasteiger partial charge >= 0.3 is 0 Å². The molecule has 0 saturated heterocycles. The van der Waals surface area contributed by atoms with E-state index in [2.05, 4.69) is 4.72 Å². The van der Waals surface area contributed by atoms with Crippen LogP contribution < -0.4 is 19.1 Å². The van der Waals surface area contributed by atoms with Crippen molar-refractivity contribution >= 4 is 27.3 Å². The number of hydrogen-bond donors (Lipinski definition) is 1. The zero-order valence-electron chi connectivity index (χ0n) is 18.8. The predicted octanol–water partition coefficient (Wildman–Crippen LogP) is 4.41. The van der Waals surface area contributed by atoms with Crippen LogP contribution in [0.3, 0.4) is 0 Å². The quantitative estimate of drug-likeness (QED) is 0.558. The molecular formula is C25H26N2O5S. The van der Waals surface area contributed by atoms with E-state index < -0.39 is 10.0 Å². The lowest BCUT2D eigenvalue weighted by molar-refractivity contribution is 0.0989. The van der Waals surface area contributed by atoms with Crippen molar-refractivity contribution in [1.82, 2.24) is 0 Å². The van der Waals surface area contributed by atoms with Gasteiger partial charge in [-0.05, 0) is 86.0 Å². The Morgan fingerprint density at radius 2 is 1.82 bits per heavy atom. The lowest BCUT2D eigenvalue weighted by Gasteiger charge is -2.19. The van der Waals surface area contributed by atoms with Gasteiger partial charge in [-0.3, -0.25) is 9.52 Å². The zero-order chi connectivity index (χ0) is 23.6. The highest BCUT2D eigenvalue weighted by Gasteiger charge is 2.26. The van der Waals surface area contributed by atoms with E-state index in [0.29, 0.717) is 48.0 Å². The first-order valence-corrected chi connectivity index (χ1v) is 12.2. The molecule has 0 atom stereocenters. The van der Waals surface area contributed by atoms with Crippen LogP contribution in [0.5, 0.6) is 11.5 Å². The van der Waals surface area contributed by atoms with E-state index >= 15 is 0 Å². The third-order valence-electron chi connectivity index (χ3n) is 5.57. The van der Waals surface area contributed by atoms with E-state index in [1.54, 1.807) is 60.5 Å². The van der Waals surface area contributed by atoms with Crippen LogP contribution in [-0.2, 0) is 16.4 Å². The Balaban J connectivity index is 1.57. The van der Waals surface area contributed by atoms with E-state index in [9.17, 15) is 13.2 Å². The number of hydrogen-bond acceptors (Lipinski definition) is 5. The summed E-state index contributed by atoms with van der Waals surface area (Å²) >= 11 is 0. The fourth-order valence-electron chi connectivity index (χ4n) is 3.86. The number of rotatable bonds is 7. The van der Waals surface area contributed by atoms with Crippen molar-refractivity contribution in [2.24, 2.45) is 0 Å². The molecule has 0 spiro atoms. The van der Waals surface area contributed by atoms with Crippen LogP contribution in [0.2, 0.25) is 0 Å². The number of carbonyl (C=O) groups is 1. The van der Waals surface area contributed by atoms with Gasteiger partial charge in [-0.2, -0.15) is 0 Å². The number of sulfonamides is 1. The monoisotopic (exact) mass is 466 g/mol. The normalized spacial score (nSPS) is 12.9. The summed E-state index contributed by atoms with van der Waals surface area (Å²) in [6.45, 7) is 4.73. The fourth-order valence-corrected chi connectivity index (χ4v) is 5.00. The summed E-state index contributed by atoms with van der Waals surface area (Å²) in [6, 6.07) is 17.0. The van der Waals surface area contributed by atoms with E-state index in [1.165, 1.54) is 6.07 Å². The Bertz CT molecular complexity index is 1290. The average molecular weight is 467 g/mol. The highest BCUT2D eigenvalue weighted by atomic mass is 32.2. The molecule has 33 heavy (non-hydrogen) atoms. The van der Waals surface area contributed by atoms with Crippen LogP contribution in [0, 0.1) is 6.92 Å². The number of ether oxygens (including phenoxy) is 2. The van der Waals surface area contributed by atoms with E-state index in [4.69, 9.17) is 9.47 Å². The van der Waals surface area contributed by atoms with Crippen LogP contribution in [0.15, 0.2) is 65.6 Å². The molecule has 1 heterocycles. The number of nitrogens with one attached hydrogen (secondary N) is 1. The molecule has 0 aromatic heterocycles. The Hall–Kier alpha value is -3.52. The van der Waals surface area contributed by atoms with Gasteiger partial charge in [0.15, 0.2) is 0 Å². The first kappa shape index (κ1) is 22.7. The molecule has 0 fully saturated rings. The molecule has 0 unspecified atom stereocenters. The maximum Gasteiger partial charge on any atom is 0.261 e. The van der Waals surface area contributed by atoms with Crippen LogP contribution in [-0.4, -0.2) is 34.6 Å². The Labute approximate surface area is 194 Å². The highest BCUT2D eigenvalue weighted by molar-refractivity contribution is 7.92. The van der Waals surface area contributed by atoms with Gasteiger partial charge in [-0.1, -0.05) is 6.07 Å². The molecule has 1 aliphatic rings. The Kier molecular flexibility index (Phi) is 6.29. The number of nitrogens with zero attached hydrogens (tertiary/aromatic N) is 1. The molecule has 4 rings (SSSR count). The molecule has 0 aliphatic carbocycles. The van der Waals surface area contributed by atoms with Gasteiger partial charge < -0.3 is 14.4 Å². The van der Waals surface area contributed by atoms with Gasteiger partial charge in [0.25, 0.3) is 15.9 Å². The van der Waals surface area contributed by atoms with Gasteiger partial charge in [-0.25, -0.2) is 8.42 Å². The minimum atomic E-state index is -3.81. The van der Waals surface area contributed by atoms with Crippen molar-refractivity contribution in [1.29, 1.82) is 0 Å². The van der Waals surface area contributed by atoms with Crippen molar-refractivity contribution in [2.75, 3.05) is 29.9 Å². The standard InChI is InChI=1S/C25H26N2O5S/c1-4-32-24-12-11-22(15-17(24)2)33(29,30)26-20-8-5-18-13-14-27(23(18)16-20)25(28)19-6-9-21(31-3)10-7-19/h5-12,15-16,26H,4,13-14H2,1-3H3. The largest absolute Gasteiger partial charge is 0.497 e. The smallest absolute Gasteiger partial charge is 0.261 e. The first-order chi connectivity index (χ1) is 15.8. The molecule has 1 aliphatic heterocycles. The summed E-state index contributed by atoms with van der Waals surface area (Å²) in [5, 5.41) is 0. The molecule has 172 valence electrons. The second-order valence-electron chi connectivity index (χ2n) is 7.74. The molecule has 1 N–H and O–H groups in total. The summed E-state index contributed by atoms with van der Waals surface area (Å²) in [4.78, 5) is 14.9. The predicted molar refractivity (Wildman–Crippen MR) is 128 cm³/mol. The summed E-state index contributed by atoms with van der Waals surface area (Å²) < 4.78 is 39.2. The van der Waals surface area contributed by atoms with Crippen molar-refractivity contribution in [3.05, 3.63) is 77.4 Å². The van der Waals surface area contributed by atoms with E-state index in [1.807, 2.05) is 19.9 Å². The second-order valence-corrected chi connectivity index (χ2v) is 9.43. The highest BCUT2D eigenvalue weighted by Crippen LogP contribution is 2.33. The van der Waals surface area contributed by atoms with Gasteiger partial charge in [-0.15, -0.1) is 0 Å². The minimum absolute atomic E-state index is 0.140. The number of methoxy groups -OCH3 is 1. The van der Waals surface area contributed by atoms with Gasteiger partial charge in [0.05, 0.1) is 24.3 Å². The lowest BCUT2D eigenvalue weighted by Crippen LogP contribution is -2.28. The maximum atomic E-state index is 13.1. The van der Waals surface area contributed by atoms with Crippen molar-refractivity contribution in [2.45, 2.75) is 25.2 Å². The van der Waals surface area contributed by atoms with Crippen LogP contribution in [0.4, 0.5) is 11.4 Å². The van der Waals surface area contributed by atoms with Crippen LogP contribution in [0.1, 0.15) is 28.4 Å². The molecule has 0 radical (unpaired) electrons. The summed E-state index contributed by atoms with van der Waals surface area (Å²) in [5.74, 6) is 1.19. The molecule has 1 amide bonds. The van der Waals surface area contributed by atoms with E-state index in [-0.39, 0.29) is 10.8 Å². The molecule has 7 nitrogen and oxygen atoms in total. The molecule has 3 aromatic rings. The number of carbonyl (C=O) groups excluding carboxylic acids is 1. The Morgan fingerprint density at radius 1 is 1.06 bits per heavy atom. The third kappa shape index (κ3) is 4.66. The summed E-state index contributed by atoms with van der Waals surface area (Å²) in [5.41, 5.74) is 3.38. The Morgan fingerprint density at radius 3 is 2.48 bits per heavy atom. The molecule has 0 saturated carbocycles. The molecule has 3 aromatic carbocycles. The fraction of sp³-hybridized carbons (Fsp3) is 0.240. The number of amides is 1. The number of benzene rings is 3. The summed E-state index contributed by atoms with van der Waals surface area (Å²) in [7, 11) is -2.23. The van der Waals surface area contributed by atoms with Gasteiger partial charge in [0, 0.05) is 17.8 Å². The lowest BCUT2D eigenvalue weighted by atomic mass is 10.1. The SMILES string of the molecule is CCOc1ccc(S(=O)(=O)Nc2ccc3c(c2)N(C(=O)c2ccc(OC)cc2)CC3)cc1C. The third-order valence-corrected chi connectivity index (χ3v) is 6.95. The number of fused-ring (bicyclic) bond motifs is 1. The number of anilines is 2. The molecule has 8 heteroatoms. The summed E-state index contributed by atoms with van der Waals surface area (Å²) in [6.07, 6.45) is 0.711. The van der Waals surface area contributed by atoms with Crippen molar-refractivity contribution in [3.8, 4) is 11.5 Å². The minimum Gasteiger partial charge on any atom is -0.497 e. The topological polar surface area (TPSA) is 84.9 Å². The van der Waals surface area contributed by atoms with Crippen molar-refractivity contribution < 1.29 is 22.7 Å². The zero-order valence-corrected chi connectivity index (χ0v) is 19.6.